The Hall–Kier alpha value is -1.40. The summed E-state index contributed by atoms with van der Waals surface area (Å²) in [7, 11) is 0. The van der Waals surface area contributed by atoms with Gasteiger partial charge in [-0.2, -0.15) is 0 Å². The lowest BCUT2D eigenvalue weighted by atomic mass is 10.1. The zero-order chi connectivity index (χ0) is 16.1. The van der Waals surface area contributed by atoms with Crippen LogP contribution in [0.15, 0.2) is 42.9 Å². The van der Waals surface area contributed by atoms with Crippen molar-refractivity contribution < 1.29 is 4.79 Å². The number of aromatic nitrogens is 2. The highest BCUT2D eigenvalue weighted by atomic mass is 35.5. The topological polar surface area (TPSA) is 58.1 Å². The second-order valence-corrected chi connectivity index (χ2v) is 6.20. The lowest BCUT2D eigenvalue weighted by molar-refractivity contribution is 0.0712. The maximum absolute atomic E-state index is 12.8. The summed E-state index contributed by atoms with van der Waals surface area (Å²) in [5.74, 6) is 0.403. The van der Waals surface area contributed by atoms with Crippen molar-refractivity contribution in [1.29, 1.82) is 0 Å². The molecule has 0 saturated carbocycles. The van der Waals surface area contributed by atoms with Crippen LogP contribution in [0.1, 0.15) is 22.5 Å². The molecule has 2 aromatic rings. The lowest BCUT2D eigenvalue weighted by Crippen LogP contribution is -2.36. The van der Waals surface area contributed by atoms with Gasteiger partial charge in [-0.3, -0.25) is 9.78 Å². The van der Waals surface area contributed by atoms with Crippen LogP contribution in [0.5, 0.6) is 0 Å². The van der Waals surface area contributed by atoms with Crippen molar-refractivity contribution in [2.75, 3.05) is 19.6 Å². The van der Waals surface area contributed by atoms with Crippen LogP contribution in [0.4, 0.5) is 0 Å². The fraction of sp³-hybridized carbons (Fsp3) is 0.353. The summed E-state index contributed by atoms with van der Waals surface area (Å²) < 4.78 is 0. The number of nitrogens with one attached hydrogen (secondary N) is 1. The summed E-state index contributed by atoms with van der Waals surface area (Å²) in [6.07, 6.45) is 6.12. The Kier molecular flexibility index (Phi) is 9.14. The molecule has 3 rings (SSSR count). The predicted molar refractivity (Wildman–Crippen MR) is 104 cm³/mol. The molecule has 136 valence electrons. The van der Waals surface area contributed by atoms with Crippen LogP contribution in [0.3, 0.4) is 0 Å². The van der Waals surface area contributed by atoms with Gasteiger partial charge < -0.3 is 10.2 Å². The van der Waals surface area contributed by atoms with Crippen molar-refractivity contribution in [3.8, 4) is 0 Å². The summed E-state index contributed by atoms with van der Waals surface area (Å²) >= 11 is 5.86. The molecule has 0 spiro atoms. The van der Waals surface area contributed by atoms with Crippen molar-refractivity contribution >= 4 is 42.3 Å². The van der Waals surface area contributed by atoms with Crippen molar-refractivity contribution in [3.63, 3.8) is 0 Å². The SMILES string of the molecule is Cl.Cl.O=C(c1ccc(Cl)cn1)N(Cc1cccnc1)CC1CCNC1. The first-order valence-corrected chi connectivity index (χ1v) is 8.10. The summed E-state index contributed by atoms with van der Waals surface area (Å²) in [6.45, 7) is 3.21. The van der Waals surface area contributed by atoms with Gasteiger partial charge in [0.25, 0.3) is 5.91 Å². The molecule has 25 heavy (non-hydrogen) atoms. The van der Waals surface area contributed by atoms with E-state index < -0.39 is 0 Å². The molecule has 1 unspecified atom stereocenters. The van der Waals surface area contributed by atoms with E-state index in [1.165, 1.54) is 6.20 Å². The average Bonchev–Trinajstić information content (AvgIpc) is 3.08. The fourth-order valence-corrected chi connectivity index (χ4v) is 2.89. The minimum atomic E-state index is -0.0718. The van der Waals surface area contributed by atoms with Crippen LogP contribution in [0.2, 0.25) is 5.02 Å². The van der Waals surface area contributed by atoms with Gasteiger partial charge in [0.05, 0.1) is 5.02 Å². The number of nitrogens with zero attached hydrogens (tertiary/aromatic N) is 3. The highest BCUT2D eigenvalue weighted by Crippen LogP contribution is 2.16. The minimum absolute atomic E-state index is 0. The highest BCUT2D eigenvalue weighted by molar-refractivity contribution is 6.30. The molecular weight excluding hydrogens is 383 g/mol. The zero-order valence-corrected chi connectivity index (χ0v) is 16.0. The van der Waals surface area contributed by atoms with Gasteiger partial charge in [0.15, 0.2) is 0 Å². The molecule has 3 heterocycles. The Morgan fingerprint density at radius 1 is 1.28 bits per heavy atom. The van der Waals surface area contributed by atoms with Crippen LogP contribution in [-0.4, -0.2) is 40.4 Å². The molecule has 8 heteroatoms. The summed E-state index contributed by atoms with van der Waals surface area (Å²) in [5.41, 5.74) is 1.44. The third kappa shape index (κ3) is 6.12. The molecule has 1 amide bonds. The maximum atomic E-state index is 12.8. The number of hydrogen-bond donors (Lipinski definition) is 1. The van der Waals surface area contributed by atoms with Crippen LogP contribution < -0.4 is 5.32 Å². The van der Waals surface area contributed by atoms with E-state index in [0.29, 0.717) is 29.7 Å². The lowest BCUT2D eigenvalue weighted by Gasteiger charge is -2.25. The Morgan fingerprint density at radius 3 is 2.72 bits per heavy atom. The van der Waals surface area contributed by atoms with Crippen molar-refractivity contribution in [2.24, 2.45) is 5.92 Å². The summed E-state index contributed by atoms with van der Waals surface area (Å²) in [5, 5.41) is 3.87. The number of halogens is 3. The Morgan fingerprint density at radius 2 is 2.12 bits per heavy atom. The standard InChI is InChI=1S/C17H19ClN4O.2ClH/c18-15-3-4-16(21-10-15)17(23)22(12-14-5-7-20-9-14)11-13-2-1-6-19-8-13;;/h1-4,6,8,10,14,20H,5,7,9,11-12H2;2*1H. The van der Waals surface area contributed by atoms with Crippen LogP contribution >= 0.6 is 36.4 Å². The minimum Gasteiger partial charge on any atom is -0.333 e. The van der Waals surface area contributed by atoms with Gasteiger partial charge in [-0.25, -0.2) is 4.98 Å². The molecule has 1 N–H and O–H groups in total. The van der Waals surface area contributed by atoms with Crippen molar-refractivity contribution in [3.05, 3.63) is 59.1 Å². The second kappa shape index (κ2) is 10.6. The zero-order valence-electron chi connectivity index (χ0n) is 13.6. The smallest absolute Gasteiger partial charge is 0.272 e. The average molecular weight is 404 g/mol. The molecule has 1 fully saturated rings. The molecule has 0 aromatic carbocycles. The van der Waals surface area contributed by atoms with Crippen LogP contribution in [0, 0.1) is 5.92 Å². The van der Waals surface area contributed by atoms with Gasteiger partial charge in [0.1, 0.15) is 5.69 Å². The van der Waals surface area contributed by atoms with E-state index in [2.05, 4.69) is 15.3 Å². The van der Waals surface area contributed by atoms with Gasteiger partial charge in [-0.05, 0) is 49.2 Å². The predicted octanol–water partition coefficient (Wildman–Crippen LogP) is 3.23. The van der Waals surface area contributed by atoms with E-state index in [4.69, 9.17) is 11.6 Å². The van der Waals surface area contributed by atoms with Crippen LogP contribution in [0.25, 0.3) is 0 Å². The summed E-state index contributed by atoms with van der Waals surface area (Å²) in [4.78, 5) is 23.0. The number of carbonyl (C=O) groups is 1. The van der Waals surface area contributed by atoms with Gasteiger partial charge >= 0.3 is 0 Å². The molecule has 1 aliphatic heterocycles. The second-order valence-electron chi connectivity index (χ2n) is 5.77. The van der Waals surface area contributed by atoms with Gasteiger partial charge in [-0.1, -0.05) is 17.7 Å². The van der Waals surface area contributed by atoms with Crippen LogP contribution in [-0.2, 0) is 6.54 Å². The quantitative estimate of drug-likeness (QED) is 0.833. The number of carbonyl (C=O) groups excluding carboxylic acids is 1. The third-order valence-electron chi connectivity index (χ3n) is 3.97. The Bertz CT molecular complexity index is 649. The first-order chi connectivity index (χ1) is 11.2. The maximum Gasteiger partial charge on any atom is 0.272 e. The molecule has 0 bridgehead atoms. The van der Waals surface area contributed by atoms with E-state index >= 15 is 0 Å². The molecule has 5 nitrogen and oxygen atoms in total. The van der Waals surface area contributed by atoms with E-state index in [1.54, 1.807) is 24.5 Å². The molecule has 1 aliphatic rings. The van der Waals surface area contributed by atoms with Crippen molar-refractivity contribution in [1.82, 2.24) is 20.2 Å². The first-order valence-electron chi connectivity index (χ1n) is 7.73. The Labute approximate surface area is 165 Å². The van der Waals surface area contributed by atoms with Gasteiger partial charge in [0, 0.05) is 31.7 Å². The van der Waals surface area contributed by atoms with Gasteiger partial charge in [0.2, 0.25) is 0 Å². The third-order valence-corrected chi connectivity index (χ3v) is 4.19. The normalized spacial score (nSPS) is 15.8. The molecule has 1 atom stereocenters. The highest BCUT2D eigenvalue weighted by Gasteiger charge is 2.23. The largest absolute Gasteiger partial charge is 0.333 e. The monoisotopic (exact) mass is 402 g/mol. The van der Waals surface area contributed by atoms with E-state index in [0.717, 1.165) is 25.1 Å². The molecule has 1 saturated heterocycles. The van der Waals surface area contributed by atoms with E-state index in [1.807, 2.05) is 17.0 Å². The number of rotatable bonds is 5. The number of pyridine rings is 2. The van der Waals surface area contributed by atoms with E-state index in [9.17, 15) is 4.79 Å². The summed E-state index contributed by atoms with van der Waals surface area (Å²) in [6, 6.07) is 7.24. The van der Waals surface area contributed by atoms with E-state index in [-0.39, 0.29) is 30.7 Å². The molecule has 0 radical (unpaired) electrons. The molecular formula is C17H21Cl3N4O. The fourth-order valence-electron chi connectivity index (χ4n) is 2.78. The number of amides is 1. The van der Waals surface area contributed by atoms with Crippen molar-refractivity contribution in [2.45, 2.75) is 13.0 Å². The van der Waals surface area contributed by atoms with Gasteiger partial charge in [-0.15, -0.1) is 24.8 Å². The molecule has 2 aromatic heterocycles. The Balaban J connectivity index is 0.00000156. The first kappa shape index (κ1) is 21.6. The number of hydrogen-bond acceptors (Lipinski definition) is 4. The molecule has 0 aliphatic carbocycles.